The minimum Gasteiger partial charge on any atom is -0.507 e. The van der Waals surface area contributed by atoms with Crippen LogP contribution in [0.4, 0.5) is 5.69 Å². The number of nitro groups is 1. The zero-order chi connectivity index (χ0) is 22.5. The van der Waals surface area contributed by atoms with Crippen LogP contribution in [0.2, 0.25) is 0 Å². The van der Waals surface area contributed by atoms with Crippen molar-refractivity contribution < 1.29 is 24.4 Å². The fraction of sp³-hybridized carbons (Fsp3) is 0.304. The first kappa shape index (κ1) is 22.2. The molecule has 0 aliphatic carbocycles. The second kappa shape index (κ2) is 9.53. The fourth-order valence-electron chi connectivity index (χ4n) is 3.57. The summed E-state index contributed by atoms with van der Waals surface area (Å²) in [6.45, 7) is 4.51. The topological polar surface area (TPSA) is 110 Å². The predicted molar refractivity (Wildman–Crippen MR) is 114 cm³/mol. The Morgan fingerprint density at radius 2 is 1.87 bits per heavy atom. The van der Waals surface area contributed by atoms with E-state index in [2.05, 4.69) is 0 Å². The van der Waals surface area contributed by atoms with Gasteiger partial charge in [0, 0.05) is 30.8 Å². The number of non-ortho nitro benzene ring substituents is 1. The summed E-state index contributed by atoms with van der Waals surface area (Å²) < 4.78 is 5.54. The Balaban J connectivity index is 2.04. The molecule has 1 heterocycles. The van der Waals surface area contributed by atoms with E-state index in [-0.39, 0.29) is 29.5 Å². The summed E-state index contributed by atoms with van der Waals surface area (Å²) in [4.78, 5) is 37.7. The average molecular weight is 424 g/mol. The maximum absolute atomic E-state index is 12.9. The number of ether oxygens (including phenoxy) is 1. The number of hydrogen-bond acceptors (Lipinski definition) is 6. The molecule has 8 nitrogen and oxygen atoms in total. The first-order valence-corrected chi connectivity index (χ1v) is 10.0. The highest BCUT2D eigenvalue weighted by molar-refractivity contribution is 6.46. The van der Waals surface area contributed by atoms with Gasteiger partial charge >= 0.3 is 0 Å². The molecule has 0 radical (unpaired) electrons. The van der Waals surface area contributed by atoms with E-state index in [9.17, 15) is 24.8 Å². The number of carbonyl (C=O) groups excluding carboxylic acids is 2. The van der Waals surface area contributed by atoms with Gasteiger partial charge in [-0.1, -0.05) is 42.5 Å². The van der Waals surface area contributed by atoms with Crippen LogP contribution in [0.3, 0.4) is 0 Å². The number of benzene rings is 2. The van der Waals surface area contributed by atoms with E-state index in [4.69, 9.17) is 4.74 Å². The molecule has 8 heteroatoms. The molecule has 2 aromatic rings. The molecule has 1 N–H and O–H groups in total. The van der Waals surface area contributed by atoms with Crippen molar-refractivity contribution in [1.82, 2.24) is 4.90 Å². The number of Topliss-reactive ketones (excluding diaryl/α,β-unsaturated/α-hetero) is 1. The first-order valence-electron chi connectivity index (χ1n) is 10.0. The zero-order valence-corrected chi connectivity index (χ0v) is 17.4. The second-order valence-electron chi connectivity index (χ2n) is 7.48. The van der Waals surface area contributed by atoms with Gasteiger partial charge in [-0.2, -0.15) is 0 Å². The first-order chi connectivity index (χ1) is 14.8. The van der Waals surface area contributed by atoms with Gasteiger partial charge in [-0.25, -0.2) is 0 Å². The molecule has 1 unspecified atom stereocenters. The zero-order valence-electron chi connectivity index (χ0n) is 17.4. The Kier molecular flexibility index (Phi) is 6.81. The fourth-order valence-corrected chi connectivity index (χ4v) is 3.57. The van der Waals surface area contributed by atoms with Gasteiger partial charge in [0.2, 0.25) is 0 Å². The van der Waals surface area contributed by atoms with Gasteiger partial charge in [-0.05, 0) is 25.8 Å². The summed E-state index contributed by atoms with van der Waals surface area (Å²) in [7, 11) is 0. The SMILES string of the molecule is CC(C)OCCCN1C(=O)C(=O)/C(=C(\O)c2cccc([N+](=O)[O-])c2)C1c1ccccc1. The number of amides is 1. The van der Waals surface area contributed by atoms with Crippen LogP contribution in [0.1, 0.15) is 37.4 Å². The number of nitro benzene ring substituents is 1. The van der Waals surface area contributed by atoms with Crippen molar-refractivity contribution in [2.24, 2.45) is 0 Å². The monoisotopic (exact) mass is 424 g/mol. The van der Waals surface area contributed by atoms with Crippen molar-refractivity contribution in [3.05, 3.63) is 81.4 Å². The molecular weight excluding hydrogens is 400 g/mol. The largest absolute Gasteiger partial charge is 0.507 e. The summed E-state index contributed by atoms with van der Waals surface area (Å²) in [6.07, 6.45) is 0.569. The molecule has 1 amide bonds. The number of aliphatic hydroxyl groups is 1. The maximum atomic E-state index is 12.9. The molecule has 2 aromatic carbocycles. The summed E-state index contributed by atoms with van der Waals surface area (Å²) in [5, 5.41) is 22.1. The van der Waals surface area contributed by atoms with Gasteiger partial charge in [0.15, 0.2) is 0 Å². The van der Waals surface area contributed by atoms with Crippen LogP contribution in [0.15, 0.2) is 60.2 Å². The van der Waals surface area contributed by atoms with E-state index in [0.717, 1.165) is 0 Å². The number of likely N-dealkylation sites (tertiary alicyclic amines) is 1. The van der Waals surface area contributed by atoms with Crippen LogP contribution in [-0.4, -0.2) is 45.9 Å². The second-order valence-corrected chi connectivity index (χ2v) is 7.48. The Morgan fingerprint density at radius 1 is 1.16 bits per heavy atom. The minimum absolute atomic E-state index is 0.0502. The molecule has 1 aliphatic rings. The van der Waals surface area contributed by atoms with E-state index < -0.39 is 28.4 Å². The average Bonchev–Trinajstić information content (AvgIpc) is 3.01. The van der Waals surface area contributed by atoms with Crippen LogP contribution in [-0.2, 0) is 14.3 Å². The number of nitrogens with zero attached hydrogens (tertiary/aromatic N) is 2. The van der Waals surface area contributed by atoms with Crippen molar-refractivity contribution >= 4 is 23.1 Å². The van der Waals surface area contributed by atoms with Crippen LogP contribution >= 0.6 is 0 Å². The summed E-state index contributed by atoms with van der Waals surface area (Å²) >= 11 is 0. The van der Waals surface area contributed by atoms with E-state index in [1.165, 1.54) is 29.2 Å². The Labute approximate surface area is 179 Å². The Hall–Kier alpha value is -3.52. The molecule has 0 spiro atoms. The number of ketones is 1. The van der Waals surface area contributed by atoms with Gasteiger partial charge < -0.3 is 14.7 Å². The number of carbonyl (C=O) groups is 2. The van der Waals surface area contributed by atoms with Crippen molar-refractivity contribution in [3.8, 4) is 0 Å². The Bertz CT molecular complexity index is 1020. The normalized spacial score (nSPS) is 18.0. The molecule has 1 fully saturated rings. The predicted octanol–water partition coefficient (Wildman–Crippen LogP) is 3.83. The van der Waals surface area contributed by atoms with Crippen LogP contribution in [0.25, 0.3) is 5.76 Å². The maximum Gasteiger partial charge on any atom is 0.295 e. The smallest absolute Gasteiger partial charge is 0.295 e. The molecule has 1 saturated heterocycles. The lowest BCUT2D eigenvalue weighted by Crippen LogP contribution is -2.31. The number of rotatable bonds is 8. The van der Waals surface area contributed by atoms with Crippen molar-refractivity contribution in [2.45, 2.75) is 32.4 Å². The third-order valence-electron chi connectivity index (χ3n) is 4.98. The van der Waals surface area contributed by atoms with Gasteiger partial charge in [-0.15, -0.1) is 0 Å². The lowest BCUT2D eigenvalue weighted by atomic mass is 9.95. The Morgan fingerprint density at radius 3 is 2.52 bits per heavy atom. The molecule has 0 bridgehead atoms. The van der Waals surface area contributed by atoms with E-state index in [1.807, 2.05) is 19.9 Å². The lowest BCUT2D eigenvalue weighted by molar-refractivity contribution is -0.384. The van der Waals surface area contributed by atoms with Gasteiger partial charge in [-0.3, -0.25) is 19.7 Å². The summed E-state index contributed by atoms with van der Waals surface area (Å²) in [6, 6.07) is 13.5. The quantitative estimate of drug-likeness (QED) is 0.172. The van der Waals surface area contributed by atoms with E-state index in [0.29, 0.717) is 18.6 Å². The molecule has 0 saturated carbocycles. The molecule has 0 aromatic heterocycles. The third-order valence-corrected chi connectivity index (χ3v) is 4.98. The molecular formula is C23H24N2O6. The minimum atomic E-state index is -0.817. The molecule has 31 heavy (non-hydrogen) atoms. The highest BCUT2D eigenvalue weighted by Crippen LogP contribution is 2.39. The van der Waals surface area contributed by atoms with Crippen LogP contribution < -0.4 is 0 Å². The van der Waals surface area contributed by atoms with Crippen LogP contribution in [0, 0.1) is 10.1 Å². The number of aliphatic hydroxyl groups excluding tert-OH is 1. The van der Waals surface area contributed by atoms with Crippen molar-refractivity contribution in [1.29, 1.82) is 0 Å². The van der Waals surface area contributed by atoms with Gasteiger partial charge in [0.05, 0.1) is 22.6 Å². The standard InChI is InChI=1S/C23H24N2O6/c1-15(2)31-13-7-12-24-20(16-8-4-3-5-9-16)19(22(27)23(24)28)21(26)17-10-6-11-18(14-17)25(29)30/h3-6,8-11,14-15,20,26H,7,12-13H2,1-2H3/b21-19-. The van der Waals surface area contributed by atoms with Gasteiger partial charge in [0.25, 0.3) is 17.4 Å². The van der Waals surface area contributed by atoms with E-state index in [1.54, 1.807) is 24.3 Å². The summed E-state index contributed by atoms with van der Waals surface area (Å²) in [5.41, 5.74) is 0.469. The third kappa shape index (κ3) is 4.80. The molecule has 162 valence electrons. The lowest BCUT2D eigenvalue weighted by Gasteiger charge is -2.25. The molecule has 3 rings (SSSR count). The molecule has 1 atom stereocenters. The van der Waals surface area contributed by atoms with E-state index >= 15 is 0 Å². The van der Waals surface area contributed by atoms with Gasteiger partial charge in [0.1, 0.15) is 5.76 Å². The molecule has 1 aliphatic heterocycles. The number of hydrogen-bond donors (Lipinski definition) is 1. The highest BCUT2D eigenvalue weighted by atomic mass is 16.6. The van der Waals surface area contributed by atoms with Crippen molar-refractivity contribution in [2.75, 3.05) is 13.2 Å². The highest BCUT2D eigenvalue weighted by Gasteiger charge is 2.45. The summed E-state index contributed by atoms with van der Waals surface area (Å²) in [5.74, 6) is -1.97. The van der Waals surface area contributed by atoms with Crippen molar-refractivity contribution in [3.63, 3.8) is 0 Å². The van der Waals surface area contributed by atoms with Crippen LogP contribution in [0.5, 0.6) is 0 Å².